The smallest absolute Gasteiger partial charge is 0.245 e. The molecule has 0 radical (unpaired) electrons. The number of benzene rings is 2. The molecule has 2 heterocycles. The van der Waals surface area contributed by atoms with Crippen molar-refractivity contribution < 1.29 is 28.6 Å². The first-order valence-electron chi connectivity index (χ1n) is 11.3. The minimum atomic E-state index is -0.850. The van der Waals surface area contributed by atoms with Crippen LogP contribution in [-0.4, -0.2) is 63.1 Å². The summed E-state index contributed by atoms with van der Waals surface area (Å²) in [4.78, 5) is 29.4. The molecular weight excluding hydrogens is 430 g/mol. The van der Waals surface area contributed by atoms with Crippen molar-refractivity contribution in [3.63, 3.8) is 0 Å². The van der Waals surface area contributed by atoms with Crippen molar-refractivity contribution in [2.45, 2.75) is 56.4 Å². The van der Waals surface area contributed by atoms with E-state index in [1.54, 1.807) is 17.0 Å². The number of halogens is 2. The molecule has 0 saturated carbocycles. The molecule has 0 aliphatic carbocycles. The molecule has 176 valence electrons. The van der Waals surface area contributed by atoms with Gasteiger partial charge in [-0.2, -0.15) is 0 Å². The van der Waals surface area contributed by atoms with Gasteiger partial charge in [-0.15, -0.1) is 0 Å². The monoisotopic (exact) mass is 458 g/mol. The van der Waals surface area contributed by atoms with Gasteiger partial charge in [-0.3, -0.25) is 9.59 Å². The molecule has 4 atom stereocenters. The molecule has 4 unspecified atom stereocenters. The maximum atomic E-state index is 14.0. The van der Waals surface area contributed by atoms with E-state index >= 15 is 0 Å². The summed E-state index contributed by atoms with van der Waals surface area (Å²) in [5.41, 5.74) is 0.824. The third-order valence-electron chi connectivity index (χ3n) is 6.59. The minimum Gasteiger partial charge on any atom is -0.391 e. The molecule has 2 aliphatic rings. The van der Waals surface area contributed by atoms with Gasteiger partial charge in [0.25, 0.3) is 0 Å². The van der Waals surface area contributed by atoms with Gasteiger partial charge in [0.15, 0.2) is 0 Å². The Kier molecular flexibility index (Phi) is 7.05. The third kappa shape index (κ3) is 5.23. The molecule has 8 heteroatoms. The Hall–Kier alpha value is -2.84. The zero-order valence-corrected chi connectivity index (χ0v) is 18.2. The molecule has 2 N–H and O–H groups in total. The number of aliphatic hydroxyl groups is 2. The normalized spacial score (nSPS) is 23.7. The van der Waals surface area contributed by atoms with E-state index in [4.69, 9.17) is 0 Å². The maximum Gasteiger partial charge on any atom is 0.245 e. The molecule has 2 amide bonds. The Labute approximate surface area is 191 Å². The molecule has 2 fully saturated rings. The highest BCUT2D eigenvalue weighted by Gasteiger charge is 2.43. The highest BCUT2D eigenvalue weighted by atomic mass is 19.1. The van der Waals surface area contributed by atoms with E-state index in [2.05, 4.69) is 0 Å². The number of carbonyl (C=O) groups excluding carboxylic acids is 2. The van der Waals surface area contributed by atoms with Gasteiger partial charge in [-0.05, 0) is 48.6 Å². The van der Waals surface area contributed by atoms with Crippen LogP contribution in [-0.2, 0) is 16.0 Å². The number of carbonyl (C=O) groups is 2. The van der Waals surface area contributed by atoms with Crippen LogP contribution in [0.3, 0.4) is 0 Å². The van der Waals surface area contributed by atoms with E-state index in [0.29, 0.717) is 24.9 Å². The van der Waals surface area contributed by atoms with Gasteiger partial charge >= 0.3 is 0 Å². The van der Waals surface area contributed by atoms with Gasteiger partial charge in [0.05, 0.1) is 18.6 Å². The SMILES string of the molecule is O=C(C1CC(O)CN1C(=O)Cc1ccccc1F)N1CCCC1CC(O)c1ccc(F)cc1. The molecule has 2 aromatic rings. The first kappa shape index (κ1) is 23.3. The Morgan fingerprint density at radius 1 is 1.06 bits per heavy atom. The topological polar surface area (TPSA) is 81.1 Å². The summed E-state index contributed by atoms with van der Waals surface area (Å²) in [6.45, 7) is 0.530. The van der Waals surface area contributed by atoms with Gasteiger partial charge in [-0.25, -0.2) is 8.78 Å². The second-order valence-corrected chi connectivity index (χ2v) is 8.85. The lowest BCUT2D eigenvalue weighted by Crippen LogP contribution is -2.49. The van der Waals surface area contributed by atoms with Gasteiger partial charge in [0.1, 0.15) is 17.7 Å². The van der Waals surface area contributed by atoms with Crippen molar-refractivity contribution in [2.24, 2.45) is 0 Å². The van der Waals surface area contributed by atoms with Crippen LogP contribution >= 0.6 is 0 Å². The second kappa shape index (κ2) is 9.97. The van der Waals surface area contributed by atoms with Crippen LogP contribution in [0.4, 0.5) is 8.78 Å². The Morgan fingerprint density at radius 2 is 1.79 bits per heavy atom. The summed E-state index contributed by atoms with van der Waals surface area (Å²) < 4.78 is 27.2. The second-order valence-electron chi connectivity index (χ2n) is 8.85. The summed E-state index contributed by atoms with van der Waals surface area (Å²) in [6, 6.07) is 10.6. The van der Waals surface area contributed by atoms with Gasteiger partial charge in [0, 0.05) is 25.6 Å². The van der Waals surface area contributed by atoms with Gasteiger partial charge < -0.3 is 20.0 Å². The van der Waals surface area contributed by atoms with Crippen molar-refractivity contribution >= 4 is 11.8 Å². The number of aliphatic hydroxyl groups excluding tert-OH is 2. The van der Waals surface area contributed by atoms with Crippen LogP contribution < -0.4 is 0 Å². The number of β-amino-alcohol motifs (C(OH)–C–C–N with tert-alkyl or cyclic N) is 1. The number of rotatable bonds is 6. The average Bonchev–Trinajstić information content (AvgIpc) is 3.42. The Bertz CT molecular complexity index is 1000. The molecule has 2 saturated heterocycles. The van der Waals surface area contributed by atoms with E-state index in [-0.39, 0.29) is 42.7 Å². The first-order valence-corrected chi connectivity index (χ1v) is 11.3. The van der Waals surface area contributed by atoms with Crippen LogP contribution in [0, 0.1) is 11.6 Å². The van der Waals surface area contributed by atoms with E-state index < -0.39 is 30.0 Å². The van der Waals surface area contributed by atoms with Crippen molar-refractivity contribution in [1.29, 1.82) is 0 Å². The van der Waals surface area contributed by atoms with Crippen LogP contribution in [0.15, 0.2) is 48.5 Å². The summed E-state index contributed by atoms with van der Waals surface area (Å²) >= 11 is 0. The summed E-state index contributed by atoms with van der Waals surface area (Å²) in [7, 11) is 0. The summed E-state index contributed by atoms with van der Waals surface area (Å²) in [5, 5.41) is 20.8. The lowest BCUT2D eigenvalue weighted by molar-refractivity contribution is -0.144. The zero-order chi connectivity index (χ0) is 23.5. The standard InChI is InChI=1S/C25H28F2N2O4/c26-18-9-7-16(8-10-18)23(31)13-19-5-3-11-28(19)25(33)22-14-20(30)15-29(22)24(32)12-17-4-1-2-6-21(17)27/h1-2,4,6-10,19-20,22-23,30-31H,3,5,11-15H2. The van der Waals surface area contributed by atoms with Crippen molar-refractivity contribution in [2.75, 3.05) is 13.1 Å². The molecule has 2 aromatic carbocycles. The average molecular weight is 459 g/mol. The number of likely N-dealkylation sites (tertiary alicyclic amines) is 2. The van der Waals surface area contributed by atoms with E-state index in [1.807, 2.05) is 0 Å². The highest BCUT2D eigenvalue weighted by Crippen LogP contribution is 2.30. The van der Waals surface area contributed by atoms with Crippen LogP contribution in [0.1, 0.15) is 42.9 Å². The lowest BCUT2D eigenvalue weighted by Gasteiger charge is -2.32. The third-order valence-corrected chi connectivity index (χ3v) is 6.59. The van der Waals surface area contributed by atoms with E-state index in [1.165, 1.54) is 41.3 Å². The van der Waals surface area contributed by atoms with Gasteiger partial charge in [-0.1, -0.05) is 30.3 Å². The molecular formula is C25H28F2N2O4. The van der Waals surface area contributed by atoms with Crippen LogP contribution in [0.2, 0.25) is 0 Å². The fourth-order valence-corrected chi connectivity index (χ4v) is 4.87. The van der Waals surface area contributed by atoms with Crippen molar-refractivity contribution in [3.05, 3.63) is 71.3 Å². The Balaban J connectivity index is 1.45. The fraction of sp³-hybridized carbons (Fsp3) is 0.440. The molecule has 6 nitrogen and oxygen atoms in total. The first-order chi connectivity index (χ1) is 15.8. The number of amides is 2. The number of hydrogen-bond donors (Lipinski definition) is 2. The largest absolute Gasteiger partial charge is 0.391 e. The van der Waals surface area contributed by atoms with Crippen molar-refractivity contribution in [1.82, 2.24) is 9.80 Å². The molecule has 33 heavy (non-hydrogen) atoms. The van der Waals surface area contributed by atoms with E-state index in [9.17, 15) is 28.6 Å². The Morgan fingerprint density at radius 3 is 2.52 bits per heavy atom. The predicted octanol–water partition coefficient (Wildman–Crippen LogP) is 2.58. The fourth-order valence-electron chi connectivity index (χ4n) is 4.87. The number of nitrogens with zero attached hydrogens (tertiary/aromatic N) is 2. The maximum absolute atomic E-state index is 14.0. The molecule has 4 rings (SSSR count). The minimum absolute atomic E-state index is 0.0282. The molecule has 0 bridgehead atoms. The molecule has 0 spiro atoms. The highest BCUT2D eigenvalue weighted by molar-refractivity contribution is 5.89. The summed E-state index contributed by atoms with van der Waals surface area (Å²) in [6.07, 6.45) is 0.0522. The van der Waals surface area contributed by atoms with Crippen molar-refractivity contribution in [3.8, 4) is 0 Å². The predicted molar refractivity (Wildman–Crippen MR) is 117 cm³/mol. The quantitative estimate of drug-likeness (QED) is 0.697. The summed E-state index contributed by atoms with van der Waals surface area (Å²) in [5.74, 6) is -1.54. The number of hydrogen-bond acceptors (Lipinski definition) is 4. The van der Waals surface area contributed by atoms with E-state index in [0.717, 1.165) is 6.42 Å². The molecule has 2 aliphatic heterocycles. The van der Waals surface area contributed by atoms with Crippen LogP contribution in [0.5, 0.6) is 0 Å². The zero-order valence-electron chi connectivity index (χ0n) is 18.2. The molecule has 0 aromatic heterocycles. The van der Waals surface area contributed by atoms with Crippen LogP contribution in [0.25, 0.3) is 0 Å². The lowest BCUT2D eigenvalue weighted by atomic mass is 10.00. The van der Waals surface area contributed by atoms with Gasteiger partial charge in [0.2, 0.25) is 11.8 Å².